The molecule has 1 aromatic heterocycles. The number of thiazole rings is 1. The summed E-state index contributed by atoms with van der Waals surface area (Å²) in [4.78, 5) is 20.7. The van der Waals surface area contributed by atoms with E-state index in [2.05, 4.69) is 31.3 Å². The van der Waals surface area contributed by atoms with E-state index in [9.17, 15) is 4.79 Å². The van der Waals surface area contributed by atoms with Crippen LogP contribution in [0.15, 0.2) is 34.6 Å². The Kier molecular flexibility index (Phi) is 10.2. The summed E-state index contributed by atoms with van der Waals surface area (Å²) in [7, 11) is 1.73. The third-order valence-electron chi connectivity index (χ3n) is 3.55. The molecule has 2 rings (SSSR count). The van der Waals surface area contributed by atoms with E-state index in [1.54, 1.807) is 18.4 Å². The molecule has 0 saturated carbocycles. The monoisotopic (exact) mass is 487 g/mol. The third-order valence-corrected chi connectivity index (χ3v) is 4.37. The van der Waals surface area contributed by atoms with Crippen molar-refractivity contribution in [1.29, 1.82) is 0 Å². The molecular formula is C18H26IN5OS. The summed E-state index contributed by atoms with van der Waals surface area (Å²) in [5, 5.41) is 12.5. The number of benzene rings is 1. The van der Waals surface area contributed by atoms with Crippen LogP contribution < -0.4 is 16.0 Å². The first-order valence-electron chi connectivity index (χ1n) is 8.29. The number of hydrogen-bond acceptors (Lipinski definition) is 4. The fraction of sp³-hybridized carbons (Fsp3) is 0.389. The predicted octanol–water partition coefficient (Wildman–Crippen LogP) is 2.52. The summed E-state index contributed by atoms with van der Waals surface area (Å²) >= 11 is 1.66. The van der Waals surface area contributed by atoms with E-state index in [1.807, 2.05) is 38.1 Å². The number of hydrogen-bond donors (Lipinski definition) is 3. The van der Waals surface area contributed by atoms with E-state index in [0.717, 1.165) is 35.2 Å². The maximum atomic E-state index is 12.1. The van der Waals surface area contributed by atoms with Crippen LogP contribution >= 0.6 is 35.3 Å². The van der Waals surface area contributed by atoms with Crippen molar-refractivity contribution in [1.82, 2.24) is 20.9 Å². The fourth-order valence-electron chi connectivity index (χ4n) is 2.30. The van der Waals surface area contributed by atoms with E-state index >= 15 is 0 Å². The summed E-state index contributed by atoms with van der Waals surface area (Å²) in [6.45, 7) is 5.87. The average Bonchev–Trinajstić information content (AvgIpc) is 3.02. The SMILES string of the molecule is CN=C(NCCNC(=O)c1cccc(C)c1)NCCc1csc(C)n1.I. The van der Waals surface area contributed by atoms with Gasteiger partial charge in [0.2, 0.25) is 0 Å². The van der Waals surface area contributed by atoms with Gasteiger partial charge in [-0.05, 0) is 26.0 Å². The number of aliphatic imine (C=N–C) groups is 1. The largest absolute Gasteiger partial charge is 0.356 e. The van der Waals surface area contributed by atoms with Crippen LogP contribution in [0, 0.1) is 13.8 Å². The molecule has 1 heterocycles. The van der Waals surface area contributed by atoms with Gasteiger partial charge in [0.25, 0.3) is 5.91 Å². The van der Waals surface area contributed by atoms with Gasteiger partial charge in [-0.3, -0.25) is 9.79 Å². The van der Waals surface area contributed by atoms with Crippen molar-refractivity contribution in [3.05, 3.63) is 51.5 Å². The van der Waals surface area contributed by atoms with Crippen LogP contribution in [0.3, 0.4) is 0 Å². The molecule has 26 heavy (non-hydrogen) atoms. The van der Waals surface area contributed by atoms with Gasteiger partial charge in [-0.15, -0.1) is 35.3 Å². The number of carbonyl (C=O) groups is 1. The number of nitrogens with one attached hydrogen (secondary N) is 3. The molecule has 0 aliphatic heterocycles. The van der Waals surface area contributed by atoms with E-state index in [4.69, 9.17) is 0 Å². The number of carbonyl (C=O) groups excluding carboxylic acids is 1. The Labute approximate surface area is 175 Å². The lowest BCUT2D eigenvalue weighted by atomic mass is 10.1. The number of amides is 1. The van der Waals surface area contributed by atoms with Gasteiger partial charge in [-0.25, -0.2) is 4.98 Å². The highest BCUT2D eigenvalue weighted by atomic mass is 127. The normalized spacial score (nSPS) is 10.8. The highest BCUT2D eigenvalue weighted by Gasteiger charge is 2.05. The standard InChI is InChI=1S/C18H25N5OS.HI/c1-13-5-4-6-15(11-13)17(24)20-9-10-22-18(19-3)21-8-7-16-12-25-14(2)23-16;/h4-6,11-12H,7-10H2,1-3H3,(H,20,24)(H2,19,21,22);1H. The molecule has 0 aliphatic carbocycles. The highest BCUT2D eigenvalue weighted by Crippen LogP contribution is 2.07. The van der Waals surface area contributed by atoms with Crippen molar-refractivity contribution in [3.8, 4) is 0 Å². The fourth-order valence-corrected chi connectivity index (χ4v) is 2.95. The molecule has 0 aliphatic rings. The van der Waals surface area contributed by atoms with E-state index in [0.29, 0.717) is 18.7 Å². The van der Waals surface area contributed by atoms with Gasteiger partial charge in [-0.1, -0.05) is 17.7 Å². The number of nitrogens with zero attached hydrogens (tertiary/aromatic N) is 2. The predicted molar refractivity (Wildman–Crippen MR) is 119 cm³/mol. The minimum absolute atomic E-state index is 0. The number of aryl methyl sites for hydroxylation is 2. The number of guanidine groups is 1. The molecule has 142 valence electrons. The van der Waals surface area contributed by atoms with Crippen molar-refractivity contribution < 1.29 is 4.79 Å². The lowest BCUT2D eigenvalue weighted by molar-refractivity contribution is 0.0954. The molecular weight excluding hydrogens is 461 g/mol. The molecule has 6 nitrogen and oxygen atoms in total. The Morgan fingerprint density at radius 3 is 2.54 bits per heavy atom. The van der Waals surface area contributed by atoms with E-state index in [1.165, 1.54) is 0 Å². The maximum absolute atomic E-state index is 12.1. The molecule has 8 heteroatoms. The van der Waals surface area contributed by atoms with E-state index in [-0.39, 0.29) is 29.9 Å². The van der Waals surface area contributed by atoms with Crippen LogP contribution in [0.5, 0.6) is 0 Å². The van der Waals surface area contributed by atoms with Gasteiger partial charge in [0.1, 0.15) is 0 Å². The Balaban J connectivity index is 0.00000338. The molecule has 0 spiro atoms. The molecule has 0 bridgehead atoms. The van der Waals surface area contributed by atoms with Gasteiger partial charge in [0.05, 0.1) is 10.7 Å². The zero-order valence-corrected chi connectivity index (χ0v) is 18.5. The van der Waals surface area contributed by atoms with Crippen LogP contribution in [-0.4, -0.2) is 43.5 Å². The number of rotatable bonds is 7. The molecule has 0 fully saturated rings. The lowest BCUT2D eigenvalue weighted by Crippen LogP contribution is -2.42. The first-order chi connectivity index (χ1) is 12.1. The molecule has 0 atom stereocenters. The molecule has 2 aromatic rings. The first kappa shape index (κ1) is 22.4. The zero-order chi connectivity index (χ0) is 18.1. The maximum Gasteiger partial charge on any atom is 0.251 e. The minimum Gasteiger partial charge on any atom is -0.356 e. The van der Waals surface area contributed by atoms with Gasteiger partial charge < -0.3 is 16.0 Å². The van der Waals surface area contributed by atoms with Crippen LogP contribution in [0.1, 0.15) is 26.6 Å². The van der Waals surface area contributed by atoms with Gasteiger partial charge in [0.15, 0.2) is 5.96 Å². The minimum atomic E-state index is -0.0626. The topological polar surface area (TPSA) is 78.4 Å². The Hall–Kier alpha value is -1.68. The molecule has 0 radical (unpaired) electrons. The summed E-state index contributed by atoms with van der Waals surface area (Å²) in [5.74, 6) is 0.657. The van der Waals surface area contributed by atoms with Crippen molar-refractivity contribution in [2.75, 3.05) is 26.7 Å². The van der Waals surface area contributed by atoms with Crippen LogP contribution in [-0.2, 0) is 6.42 Å². The molecule has 1 aromatic carbocycles. The smallest absolute Gasteiger partial charge is 0.251 e. The Morgan fingerprint density at radius 2 is 1.88 bits per heavy atom. The van der Waals surface area contributed by atoms with Crippen molar-refractivity contribution >= 4 is 47.2 Å². The quantitative estimate of drug-likeness (QED) is 0.243. The summed E-state index contributed by atoms with van der Waals surface area (Å²) in [6.07, 6.45) is 0.856. The lowest BCUT2D eigenvalue weighted by Gasteiger charge is -2.12. The van der Waals surface area contributed by atoms with Gasteiger partial charge in [-0.2, -0.15) is 0 Å². The number of aromatic nitrogens is 1. The average molecular weight is 487 g/mol. The van der Waals surface area contributed by atoms with Crippen LogP contribution in [0.2, 0.25) is 0 Å². The van der Waals surface area contributed by atoms with Gasteiger partial charge in [0, 0.05) is 44.0 Å². The summed E-state index contributed by atoms with van der Waals surface area (Å²) in [6, 6.07) is 7.55. The van der Waals surface area contributed by atoms with Crippen molar-refractivity contribution in [3.63, 3.8) is 0 Å². The zero-order valence-electron chi connectivity index (χ0n) is 15.3. The van der Waals surface area contributed by atoms with Gasteiger partial charge >= 0.3 is 0 Å². The number of halogens is 1. The van der Waals surface area contributed by atoms with Crippen LogP contribution in [0.4, 0.5) is 0 Å². The first-order valence-corrected chi connectivity index (χ1v) is 9.17. The summed E-state index contributed by atoms with van der Waals surface area (Å²) in [5.41, 5.74) is 2.85. The van der Waals surface area contributed by atoms with Crippen LogP contribution in [0.25, 0.3) is 0 Å². The van der Waals surface area contributed by atoms with Crippen molar-refractivity contribution in [2.45, 2.75) is 20.3 Å². The molecule has 0 saturated heterocycles. The molecule has 0 unspecified atom stereocenters. The summed E-state index contributed by atoms with van der Waals surface area (Å²) < 4.78 is 0. The molecule has 1 amide bonds. The second-order valence-electron chi connectivity index (χ2n) is 5.66. The Morgan fingerprint density at radius 1 is 1.15 bits per heavy atom. The molecule has 3 N–H and O–H groups in total. The van der Waals surface area contributed by atoms with Crippen molar-refractivity contribution in [2.24, 2.45) is 4.99 Å². The van der Waals surface area contributed by atoms with E-state index < -0.39 is 0 Å². The second kappa shape index (κ2) is 11.8. The second-order valence-corrected chi connectivity index (χ2v) is 6.72. The Bertz CT molecular complexity index is 732. The highest BCUT2D eigenvalue weighted by molar-refractivity contribution is 14.0. The third kappa shape index (κ3) is 7.69.